The first-order chi connectivity index (χ1) is 15.3. The van der Waals surface area contributed by atoms with Gasteiger partial charge in [-0.1, -0.05) is 66.2 Å². The van der Waals surface area contributed by atoms with Crippen molar-refractivity contribution in [2.24, 2.45) is 10.9 Å². The lowest BCUT2D eigenvalue weighted by atomic mass is 9.80. The lowest BCUT2D eigenvalue weighted by molar-refractivity contribution is -0.0294. The van der Waals surface area contributed by atoms with Crippen LogP contribution in [0.4, 0.5) is 0 Å². The van der Waals surface area contributed by atoms with Crippen LogP contribution in [0.1, 0.15) is 42.4 Å². The van der Waals surface area contributed by atoms with Gasteiger partial charge in [-0.25, -0.2) is 4.99 Å². The summed E-state index contributed by atoms with van der Waals surface area (Å²) in [6, 6.07) is 19.1. The molecule has 0 amide bonds. The third kappa shape index (κ3) is 4.42. The Morgan fingerprint density at radius 3 is 2.58 bits per heavy atom. The molecule has 0 N–H and O–H groups in total. The van der Waals surface area contributed by atoms with Crippen LogP contribution in [0.15, 0.2) is 94.3 Å². The summed E-state index contributed by atoms with van der Waals surface area (Å²) >= 11 is 0. The minimum Gasteiger partial charge on any atom is -0.465 e. The van der Waals surface area contributed by atoms with Crippen LogP contribution >= 0.6 is 0 Å². The first-order valence-corrected chi connectivity index (χ1v) is 11.3. The lowest BCUT2D eigenvalue weighted by Crippen LogP contribution is -2.15. The van der Waals surface area contributed by atoms with E-state index in [9.17, 15) is 0 Å². The van der Waals surface area contributed by atoms with E-state index in [0.29, 0.717) is 12.5 Å². The van der Waals surface area contributed by atoms with Gasteiger partial charge in [-0.15, -0.1) is 0 Å². The van der Waals surface area contributed by atoms with Crippen molar-refractivity contribution in [3.63, 3.8) is 0 Å². The highest BCUT2D eigenvalue weighted by Gasteiger charge is 2.34. The SMILES string of the molecule is Cc1ccc(CC2C=CC(OCOCc3ccccc3)=C3N=C4CCCCC4=C32)cc1. The normalized spacial score (nSPS) is 19.9. The van der Waals surface area contributed by atoms with E-state index >= 15 is 0 Å². The molecule has 2 aliphatic carbocycles. The summed E-state index contributed by atoms with van der Waals surface area (Å²) in [5.74, 6) is 1.20. The molecule has 1 fully saturated rings. The van der Waals surface area contributed by atoms with Crippen molar-refractivity contribution in [2.45, 2.75) is 45.6 Å². The number of hydrogen-bond donors (Lipinski definition) is 0. The summed E-state index contributed by atoms with van der Waals surface area (Å²) in [6.07, 6.45) is 10.1. The summed E-state index contributed by atoms with van der Waals surface area (Å²) in [4.78, 5) is 5.05. The molecule has 0 spiro atoms. The van der Waals surface area contributed by atoms with Crippen LogP contribution in [0.5, 0.6) is 0 Å². The smallest absolute Gasteiger partial charge is 0.189 e. The van der Waals surface area contributed by atoms with Crippen molar-refractivity contribution in [1.82, 2.24) is 0 Å². The fourth-order valence-corrected chi connectivity index (χ4v) is 4.71. The Labute approximate surface area is 184 Å². The number of ether oxygens (including phenoxy) is 2. The molecule has 1 atom stereocenters. The predicted molar refractivity (Wildman–Crippen MR) is 125 cm³/mol. The molecule has 5 rings (SSSR count). The lowest BCUT2D eigenvalue weighted by Gasteiger charge is -2.24. The van der Waals surface area contributed by atoms with Crippen LogP contribution in [0.25, 0.3) is 0 Å². The van der Waals surface area contributed by atoms with Crippen LogP contribution in [-0.4, -0.2) is 12.5 Å². The van der Waals surface area contributed by atoms with Gasteiger partial charge >= 0.3 is 0 Å². The van der Waals surface area contributed by atoms with Crippen LogP contribution in [0.2, 0.25) is 0 Å². The molecule has 1 aliphatic heterocycles. The first kappa shape index (κ1) is 20.0. The summed E-state index contributed by atoms with van der Waals surface area (Å²) in [5, 5.41) is 0. The number of hydrogen-bond acceptors (Lipinski definition) is 3. The Bertz CT molecular complexity index is 1060. The second-order valence-electron chi connectivity index (χ2n) is 8.62. The topological polar surface area (TPSA) is 30.8 Å². The molecule has 1 heterocycles. The molecule has 31 heavy (non-hydrogen) atoms. The largest absolute Gasteiger partial charge is 0.465 e. The van der Waals surface area contributed by atoms with Gasteiger partial charge in [0, 0.05) is 11.6 Å². The molecule has 3 nitrogen and oxygen atoms in total. The third-order valence-electron chi connectivity index (χ3n) is 6.34. The van der Waals surface area contributed by atoms with E-state index in [1.54, 1.807) is 0 Å². The number of benzene rings is 2. The summed E-state index contributed by atoms with van der Waals surface area (Å²) in [5.41, 5.74) is 8.99. The van der Waals surface area contributed by atoms with Crippen molar-refractivity contribution >= 4 is 5.71 Å². The summed E-state index contributed by atoms with van der Waals surface area (Å²) in [6.45, 7) is 2.91. The van der Waals surface area contributed by atoms with Gasteiger partial charge in [0.1, 0.15) is 11.5 Å². The molecule has 2 aromatic carbocycles. The van der Waals surface area contributed by atoms with E-state index in [1.807, 2.05) is 18.2 Å². The van der Waals surface area contributed by atoms with E-state index < -0.39 is 0 Å². The molecule has 0 radical (unpaired) electrons. The molecule has 0 saturated heterocycles. The highest BCUT2D eigenvalue weighted by molar-refractivity contribution is 6.05. The minimum absolute atomic E-state index is 0.230. The molecule has 3 aliphatic rings. The van der Waals surface area contributed by atoms with Crippen molar-refractivity contribution in [3.05, 3.63) is 106 Å². The molecule has 0 bridgehead atoms. The second-order valence-corrected chi connectivity index (χ2v) is 8.62. The maximum atomic E-state index is 6.07. The Kier molecular flexibility index (Phi) is 5.86. The Hall–Kier alpha value is -2.91. The zero-order chi connectivity index (χ0) is 21.0. The van der Waals surface area contributed by atoms with Crippen molar-refractivity contribution in [2.75, 3.05) is 6.79 Å². The van der Waals surface area contributed by atoms with Crippen LogP contribution in [0.3, 0.4) is 0 Å². The predicted octanol–water partition coefficient (Wildman–Crippen LogP) is 6.45. The zero-order valence-electron chi connectivity index (χ0n) is 18.1. The van der Waals surface area contributed by atoms with Crippen molar-refractivity contribution in [3.8, 4) is 0 Å². The number of fused-ring (bicyclic) bond motifs is 2. The molecular weight excluding hydrogens is 382 g/mol. The first-order valence-electron chi connectivity index (χ1n) is 11.3. The van der Waals surface area contributed by atoms with Crippen LogP contribution in [0, 0.1) is 12.8 Å². The number of aryl methyl sites for hydroxylation is 1. The van der Waals surface area contributed by atoms with E-state index in [4.69, 9.17) is 14.5 Å². The van der Waals surface area contributed by atoms with E-state index in [-0.39, 0.29) is 6.79 Å². The monoisotopic (exact) mass is 411 g/mol. The summed E-state index contributed by atoms with van der Waals surface area (Å²) < 4.78 is 11.8. The molecular formula is C28H29NO2. The number of aliphatic imine (C=N–C) groups is 1. The standard InChI is InChI=1S/C28H29NO2/c1-20-11-13-21(14-12-20)17-23-15-16-26(31-19-30-18-22-7-3-2-4-8-22)28-27(23)24-9-5-6-10-25(24)29-28/h2-4,7-8,11-16,23H,5-6,9-10,17-19H2,1H3. The minimum atomic E-state index is 0.230. The fraction of sp³-hybridized carbons (Fsp3) is 0.321. The second kappa shape index (κ2) is 9.07. The van der Waals surface area contributed by atoms with Gasteiger partial charge in [-0.3, -0.25) is 0 Å². The average Bonchev–Trinajstić information content (AvgIpc) is 3.20. The van der Waals surface area contributed by atoms with Crippen LogP contribution < -0.4 is 0 Å². The van der Waals surface area contributed by atoms with Crippen LogP contribution in [-0.2, 0) is 22.5 Å². The molecule has 1 saturated carbocycles. The van der Waals surface area contributed by atoms with Crippen molar-refractivity contribution in [1.29, 1.82) is 0 Å². The average molecular weight is 412 g/mol. The van der Waals surface area contributed by atoms with Gasteiger partial charge in [0.2, 0.25) is 0 Å². The maximum Gasteiger partial charge on any atom is 0.189 e. The van der Waals surface area contributed by atoms with E-state index in [0.717, 1.165) is 36.3 Å². The van der Waals surface area contributed by atoms with Gasteiger partial charge in [0.25, 0.3) is 0 Å². The van der Waals surface area contributed by atoms with Gasteiger partial charge in [0.15, 0.2) is 6.79 Å². The number of rotatable bonds is 7. The van der Waals surface area contributed by atoms with Crippen molar-refractivity contribution < 1.29 is 9.47 Å². The fourth-order valence-electron chi connectivity index (χ4n) is 4.71. The van der Waals surface area contributed by atoms with E-state index in [1.165, 1.54) is 40.8 Å². The third-order valence-corrected chi connectivity index (χ3v) is 6.34. The Balaban J connectivity index is 1.33. The van der Waals surface area contributed by atoms with Gasteiger partial charge in [-0.05, 0) is 67.4 Å². The highest BCUT2D eigenvalue weighted by Crippen LogP contribution is 2.43. The quantitative estimate of drug-likeness (QED) is 0.387. The molecule has 2 aromatic rings. The molecule has 3 heteroatoms. The van der Waals surface area contributed by atoms with Gasteiger partial charge < -0.3 is 9.47 Å². The summed E-state index contributed by atoms with van der Waals surface area (Å²) in [7, 11) is 0. The number of nitrogens with zero attached hydrogens (tertiary/aromatic N) is 1. The Morgan fingerprint density at radius 2 is 1.74 bits per heavy atom. The molecule has 158 valence electrons. The Morgan fingerprint density at radius 1 is 0.935 bits per heavy atom. The van der Waals surface area contributed by atoms with E-state index in [2.05, 4.69) is 55.5 Å². The van der Waals surface area contributed by atoms with Gasteiger partial charge in [0.05, 0.1) is 6.61 Å². The number of allylic oxidation sites excluding steroid dienone is 4. The molecule has 0 aromatic heterocycles. The highest BCUT2D eigenvalue weighted by atomic mass is 16.7. The van der Waals surface area contributed by atoms with Gasteiger partial charge in [-0.2, -0.15) is 0 Å². The maximum absolute atomic E-state index is 6.07. The zero-order valence-corrected chi connectivity index (χ0v) is 18.1. The molecule has 1 unspecified atom stereocenters.